The molecule has 2 N–H and O–H groups in total. The van der Waals surface area contributed by atoms with Crippen molar-refractivity contribution >= 4 is 5.91 Å². The highest BCUT2D eigenvalue weighted by Crippen LogP contribution is 2.28. The van der Waals surface area contributed by atoms with E-state index in [1.807, 2.05) is 0 Å². The Morgan fingerprint density at radius 2 is 2.09 bits per heavy atom. The van der Waals surface area contributed by atoms with Gasteiger partial charge in [0.15, 0.2) is 17.2 Å². The van der Waals surface area contributed by atoms with Crippen molar-refractivity contribution in [1.82, 2.24) is 10.2 Å². The van der Waals surface area contributed by atoms with Gasteiger partial charge in [-0.05, 0) is 55.8 Å². The maximum atomic E-state index is 13.3. The van der Waals surface area contributed by atoms with E-state index >= 15 is 0 Å². The quantitative estimate of drug-likeness (QED) is 0.839. The molecular weight excluding hydrogens is 302 g/mol. The minimum atomic E-state index is -1.40. The molecule has 1 atom stereocenters. The van der Waals surface area contributed by atoms with Crippen molar-refractivity contribution < 1.29 is 18.7 Å². The van der Waals surface area contributed by atoms with Gasteiger partial charge in [-0.3, -0.25) is 4.79 Å². The third-order valence-electron chi connectivity index (χ3n) is 4.61. The molecule has 2 aliphatic rings. The number of aliphatic hydroxyl groups is 1. The minimum absolute atomic E-state index is 0.182. The molecule has 0 radical (unpaired) electrons. The molecule has 1 saturated carbocycles. The maximum absolute atomic E-state index is 13.3. The molecule has 23 heavy (non-hydrogen) atoms. The van der Waals surface area contributed by atoms with Gasteiger partial charge in [-0.25, -0.2) is 8.78 Å². The van der Waals surface area contributed by atoms with Gasteiger partial charge >= 0.3 is 0 Å². The standard InChI is InChI=1S/C17H22F2N2O2/c18-14-5-4-13(8-15(14)19)10-21-7-1-6-17(23,16(21)22)11-20-9-12-2-3-12/h4-5,8,12,20,23H,1-3,6-7,9-11H2. The van der Waals surface area contributed by atoms with Crippen molar-refractivity contribution in [1.29, 1.82) is 0 Å². The van der Waals surface area contributed by atoms with Crippen LogP contribution in [0.4, 0.5) is 8.78 Å². The average molecular weight is 324 g/mol. The Hall–Kier alpha value is -1.53. The highest BCUT2D eigenvalue weighted by molar-refractivity contribution is 5.86. The van der Waals surface area contributed by atoms with Gasteiger partial charge in [0, 0.05) is 19.6 Å². The highest BCUT2D eigenvalue weighted by Gasteiger charge is 2.42. The predicted molar refractivity (Wildman–Crippen MR) is 81.6 cm³/mol. The van der Waals surface area contributed by atoms with Crippen molar-refractivity contribution in [2.75, 3.05) is 19.6 Å². The van der Waals surface area contributed by atoms with Crippen LogP contribution in [0.2, 0.25) is 0 Å². The van der Waals surface area contributed by atoms with Crippen LogP contribution in [0.25, 0.3) is 0 Å². The van der Waals surface area contributed by atoms with Crippen LogP contribution in [0, 0.1) is 17.6 Å². The highest BCUT2D eigenvalue weighted by atomic mass is 19.2. The first-order valence-corrected chi connectivity index (χ1v) is 8.14. The number of amides is 1. The summed E-state index contributed by atoms with van der Waals surface area (Å²) in [5.74, 6) is -1.49. The molecule has 0 bridgehead atoms. The Kier molecular flexibility index (Phi) is 4.64. The van der Waals surface area contributed by atoms with E-state index in [2.05, 4.69) is 5.32 Å². The van der Waals surface area contributed by atoms with Crippen LogP contribution in [0.15, 0.2) is 18.2 Å². The number of hydrogen-bond acceptors (Lipinski definition) is 3. The van der Waals surface area contributed by atoms with Crippen LogP contribution >= 0.6 is 0 Å². The Morgan fingerprint density at radius 3 is 2.78 bits per heavy atom. The first-order valence-electron chi connectivity index (χ1n) is 8.14. The Bertz CT molecular complexity index is 592. The third-order valence-corrected chi connectivity index (χ3v) is 4.61. The monoisotopic (exact) mass is 324 g/mol. The molecule has 0 aromatic heterocycles. The molecule has 126 valence electrons. The predicted octanol–water partition coefficient (Wildman–Crippen LogP) is 1.82. The fourth-order valence-corrected chi connectivity index (χ4v) is 3.04. The first kappa shape index (κ1) is 16.3. The molecule has 4 nitrogen and oxygen atoms in total. The van der Waals surface area contributed by atoms with Gasteiger partial charge in [-0.2, -0.15) is 0 Å². The summed E-state index contributed by atoms with van der Waals surface area (Å²) in [4.78, 5) is 14.1. The van der Waals surface area contributed by atoms with Crippen molar-refractivity contribution in [2.45, 2.75) is 37.8 Å². The molecule has 1 unspecified atom stereocenters. The van der Waals surface area contributed by atoms with Crippen LogP contribution in [0.5, 0.6) is 0 Å². The average Bonchev–Trinajstić information content (AvgIpc) is 3.32. The Morgan fingerprint density at radius 1 is 1.30 bits per heavy atom. The lowest BCUT2D eigenvalue weighted by atomic mass is 9.91. The van der Waals surface area contributed by atoms with Crippen molar-refractivity contribution in [3.05, 3.63) is 35.4 Å². The summed E-state index contributed by atoms with van der Waals surface area (Å²) >= 11 is 0. The van der Waals surface area contributed by atoms with E-state index in [-0.39, 0.29) is 19.0 Å². The smallest absolute Gasteiger partial charge is 0.256 e. The largest absolute Gasteiger partial charge is 0.379 e. The minimum Gasteiger partial charge on any atom is -0.379 e. The Balaban J connectivity index is 1.62. The summed E-state index contributed by atoms with van der Waals surface area (Å²) in [6, 6.07) is 3.62. The zero-order valence-corrected chi connectivity index (χ0v) is 13.0. The van der Waals surface area contributed by atoms with E-state index in [4.69, 9.17) is 0 Å². The van der Waals surface area contributed by atoms with Gasteiger partial charge in [0.1, 0.15) is 0 Å². The molecule has 2 fully saturated rings. The fourth-order valence-electron chi connectivity index (χ4n) is 3.04. The zero-order valence-electron chi connectivity index (χ0n) is 13.0. The van der Waals surface area contributed by atoms with E-state index in [1.54, 1.807) is 0 Å². The summed E-state index contributed by atoms with van der Waals surface area (Å²) in [6.45, 7) is 1.78. The van der Waals surface area contributed by atoms with Crippen LogP contribution in [-0.2, 0) is 11.3 Å². The van der Waals surface area contributed by atoms with E-state index in [0.717, 1.165) is 18.7 Å². The number of carbonyl (C=O) groups excluding carboxylic acids is 1. The second kappa shape index (κ2) is 6.53. The summed E-state index contributed by atoms with van der Waals surface area (Å²) < 4.78 is 26.3. The number of hydrogen-bond donors (Lipinski definition) is 2. The van der Waals surface area contributed by atoms with Gasteiger partial charge in [-0.15, -0.1) is 0 Å². The molecule has 1 aromatic rings. The molecule has 6 heteroatoms. The van der Waals surface area contributed by atoms with E-state index in [1.165, 1.54) is 23.8 Å². The second-order valence-electron chi connectivity index (χ2n) is 6.68. The number of likely N-dealkylation sites (tertiary alicyclic amines) is 1. The first-order chi connectivity index (χ1) is 11.0. The number of nitrogens with one attached hydrogen (secondary N) is 1. The zero-order chi connectivity index (χ0) is 16.4. The van der Waals surface area contributed by atoms with Gasteiger partial charge in [0.05, 0.1) is 0 Å². The molecule has 1 amide bonds. The molecule has 1 aliphatic heterocycles. The van der Waals surface area contributed by atoms with Crippen LogP contribution < -0.4 is 5.32 Å². The topological polar surface area (TPSA) is 52.6 Å². The van der Waals surface area contributed by atoms with E-state index < -0.39 is 17.2 Å². The lowest BCUT2D eigenvalue weighted by Gasteiger charge is -2.38. The summed E-state index contributed by atoms with van der Waals surface area (Å²) in [5.41, 5.74) is -0.876. The molecule has 0 spiro atoms. The van der Waals surface area contributed by atoms with Crippen LogP contribution in [0.3, 0.4) is 0 Å². The number of rotatable bonds is 6. The third kappa shape index (κ3) is 3.87. The molecular formula is C17H22F2N2O2. The van der Waals surface area contributed by atoms with E-state index in [9.17, 15) is 18.7 Å². The van der Waals surface area contributed by atoms with Gasteiger partial charge in [0.25, 0.3) is 5.91 Å². The van der Waals surface area contributed by atoms with Crippen molar-refractivity contribution in [2.24, 2.45) is 5.92 Å². The van der Waals surface area contributed by atoms with Crippen LogP contribution in [0.1, 0.15) is 31.2 Å². The normalized spacial score (nSPS) is 25.0. The summed E-state index contributed by atoms with van der Waals surface area (Å²) in [7, 11) is 0. The maximum Gasteiger partial charge on any atom is 0.256 e. The number of piperidine rings is 1. The molecule has 1 aliphatic carbocycles. The summed E-state index contributed by atoms with van der Waals surface area (Å²) in [5, 5.41) is 13.8. The molecule has 1 saturated heterocycles. The summed E-state index contributed by atoms with van der Waals surface area (Å²) in [6.07, 6.45) is 3.54. The van der Waals surface area contributed by atoms with Gasteiger partial charge < -0.3 is 15.3 Å². The van der Waals surface area contributed by atoms with Gasteiger partial charge in [0.2, 0.25) is 0 Å². The molecule has 3 rings (SSSR count). The Labute approximate surface area is 134 Å². The molecule has 1 heterocycles. The SMILES string of the molecule is O=C1N(Cc2ccc(F)c(F)c2)CCCC1(O)CNCC1CC1. The number of carbonyl (C=O) groups is 1. The second-order valence-corrected chi connectivity index (χ2v) is 6.68. The number of benzene rings is 1. The van der Waals surface area contributed by atoms with Gasteiger partial charge in [-0.1, -0.05) is 6.07 Å². The van der Waals surface area contributed by atoms with Crippen LogP contribution in [-0.4, -0.2) is 41.1 Å². The molecule has 1 aromatic carbocycles. The fraction of sp³-hybridized carbons (Fsp3) is 0.588. The van der Waals surface area contributed by atoms with Crippen molar-refractivity contribution in [3.63, 3.8) is 0 Å². The lowest BCUT2D eigenvalue weighted by molar-refractivity contribution is -0.157. The lowest BCUT2D eigenvalue weighted by Crippen LogP contribution is -2.57. The number of halogens is 2. The number of nitrogens with zero attached hydrogens (tertiary/aromatic N) is 1. The van der Waals surface area contributed by atoms with E-state index in [0.29, 0.717) is 30.9 Å². The van der Waals surface area contributed by atoms with Crippen molar-refractivity contribution in [3.8, 4) is 0 Å².